The number of aliphatic hydroxyl groups is 1. The lowest BCUT2D eigenvalue weighted by molar-refractivity contribution is -0.135. The summed E-state index contributed by atoms with van der Waals surface area (Å²) < 4.78 is 35.0. The lowest BCUT2D eigenvalue weighted by Crippen LogP contribution is -2.51. The van der Waals surface area contributed by atoms with Crippen molar-refractivity contribution in [3.8, 4) is 0 Å². The minimum atomic E-state index is -3.87. The molecule has 2 N–H and O–H groups in total. The molecule has 2 aliphatic heterocycles. The Bertz CT molecular complexity index is 1080. The third kappa shape index (κ3) is 5.61. The number of para-hydroxylation sites is 1. The van der Waals surface area contributed by atoms with Gasteiger partial charge in [-0.05, 0) is 12.1 Å². The Morgan fingerprint density at radius 3 is 2.55 bits per heavy atom. The SMILES string of the molecule is Cn1cnc(S(=O)(=O)N[C@H]2C=C[C@H](CC(=O)N3CCN(c4ccccc4)CC3)O[C@H]2CO)c1. The molecule has 1 saturated heterocycles. The molecule has 0 radical (unpaired) electrons. The van der Waals surface area contributed by atoms with Crippen molar-refractivity contribution in [1.29, 1.82) is 0 Å². The van der Waals surface area contributed by atoms with Gasteiger partial charge >= 0.3 is 0 Å². The Labute approximate surface area is 193 Å². The van der Waals surface area contributed by atoms with E-state index in [1.54, 1.807) is 19.2 Å². The maximum atomic E-state index is 12.8. The molecule has 3 heterocycles. The van der Waals surface area contributed by atoms with Gasteiger partial charge in [0.15, 0.2) is 5.03 Å². The Morgan fingerprint density at radius 2 is 1.91 bits per heavy atom. The van der Waals surface area contributed by atoms with E-state index in [0.29, 0.717) is 13.1 Å². The number of ether oxygens (including phenoxy) is 1. The number of aromatic nitrogens is 2. The zero-order valence-corrected chi connectivity index (χ0v) is 19.3. The number of nitrogens with zero attached hydrogens (tertiary/aromatic N) is 4. The van der Waals surface area contributed by atoms with Gasteiger partial charge in [-0.1, -0.05) is 30.4 Å². The Morgan fingerprint density at radius 1 is 1.18 bits per heavy atom. The number of sulfonamides is 1. The summed E-state index contributed by atoms with van der Waals surface area (Å²) in [4.78, 5) is 20.7. The van der Waals surface area contributed by atoms with E-state index in [0.717, 1.165) is 18.8 Å². The van der Waals surface area contributed by atoms with Crippen LogP contribution in [0.3, 0.4) is 0 Å². The highest BCUT2D eigenvalue weighted by Gasteiger charge is 2.33. The summed E-state index contributed by atoms with van der Waals surface area (Å²) in [7, 11) is -2.20. The number of carbonyl (C=O) groups excluding carboxylic acids is 1. The normalized spacial score (nSPS) is 23.6. The van der Waals surface area contributed by atoms with Crippen LogP contribution in [0.2, 0.25) is 0 Å². The second-order valence-electron chi connectivity index (χ2n) is 8.21. The summed E-state index contributed by atoms with van der Waals surface area (Å²) in [6.07, 6.45) is 4.90. The highest BCUT2D eigenvalue weighted by Crippen LogP contribution is 2.20. The number of piperazine rings is 1. The molecule has 33 heavy (non-hydrogen) atoms. The van der Waals surface area contributed by atoms with E-state index < -0.39 is 28.3 Å². The van der Waals surface area contributed by atoms with E-state index in [9.17, 15) is 18.3 Å². The molecule has 178 valence electrons. The van der Waals surface area contributed by atoms with Crippen LogP contribution in [0, 0.1) is 0 Å². The minimum absolute atomic E-state index is 0.0263. The monoisotopic (exact) mass is 475 g/mol. The van der Waals surface area contributed by atoms with E-state index in [2.05, 4.69) is 26.7 Å². The van der Waals surface area contributed by atoms with Crippen LogP contribution < -0.4 is 9.62 Å². The molecule has 1 amide bonds. The van der Waals surface area contributed by atoms with Crippen LogP contribution in [-0.2, 0) is 26.6 Å². The summed E-state index contributed by atoms with van der Waals surface area (Å²) in [5, 5.41) is 9.65. The first-order chi connectivity index (χ1) is 15.9. The molecule has 0 aliphatic carbocycles. The van der Waals surface area contributed by atoms with Gasteiger partial charge in [-0.2, -0.15) is 0 Å². The number of imidazole rings is 1. The van der Waals surface area contributed by atoms with E-state index in [1.165, 1.54) is 17.1 Å². The molecule has 0 spiro atoms. The molecule has 1 aromatic carbocycles. The second kappa shape index (κ2) is 10.0. The van der Waals surface area contributed by atoms with Gasteiger partial charge in [-0.15, -0.1) is 0 Å². The zero-order valence-electron chi connectivity index (χ0n) is 18.4. The number of aryl methyl sites for hydroxylation is 1. The molecule has 3 atom stereocenters. The van der Waals surface area contributed by atoms with Crippen molar-refractivity contribution in [3.05, 3.63) is 55.0 Å². The number of hydrogen-bond acceptors (Lipinski definition) is 7. The molecule has 1 aromatic heterocycles. The number of nitrogens with one attached hydrogen (secondary N) is 1. The van der Waals surface area contributed by atoms with E-state index in [1.807, 2.05) is 23.1 Å². The van der Waals surface area contributed by atoms with Crippen molar-refractivity contribution >= 4 is 21.6 Å². The average molecular weight is 476 g/mol. The number of benzene rings is 1. The van der Waals surface area contributed by atoms with Gasteiger partial charge in [0.25, 0.3) is 10.0 Å². The van der Waals surface area contributed by atoms with Crippen molar-refractivity contribution in [2.75, 3.05) is 37.7 Å². The van der Waals surface area contributed by atoms with Crippen LogP contribution in [0.5, 0.6) is 0 Å². The summed E-state index contributed by atoms with van der Waals surface area (Å²) in [6.45, 7) is 2.38. The first-order valence-corrected chi connectivity index (χ1v) is 12.4. The highest BCUT2D eigenvalue weighted by atomic mass is 32.2. The molecule has 0 saturated carbocycles. The molecule has 0 bridgehead atoms. The fourth-order valence-corrected chi connectivity index (χ4v) is 5.23. The van der Waals surface area contributed by atoms with Crippen LogP contribution in [0.1, 0.15) is 6.42 Å². The molecule has 11 heteroatoms. The van der Waals surface area contributed by atoms with Crippen molar-refractivity contribution < 1.29 is 23.1 Å². The summed E-state index contributed by atoms with van der Waals surface area (Å²) in [5.74, 6) is -0.0263. The molecule has 1 fully saturated rings. The van der Waals surface area contributed by atoms with Crippen molar-refractivity contribution in [3.63, 3.8) is 0 Å². The van der Waals surface area contributed by atoms with Gasteiger partial charge < -0.3 is 24.2 Å². The van der Waals surface area contributed by atoms with Crippen LogP contribution in [0.15, 0.2) is 60.0 Å². The van der Waals surface area contributed by atoms with Crippen LogP contribution >= 0.6 is 0 Å². The van der Waals surface area contributed by atoms with Gasteiger partial charge in [-0.3, -0.25) is 4.79 Å². The summed E-state index contributed by atoms with van der Waals surface area (Å²) in [6, 6.07) is 9.34. The van der Waals surface area contributed by atoms with Crippen molar-refractivity contribution in [1.82, 2.24) is 19.2 Å². The number of aliphatic hydroxyl groups excluding tert-OH is 1. The third-order valence-electron chi connectivity index (χ3n) is 5.84. The Balaban J connectivity index is 1.32. The molecule has 10 nitrogen and oxygen atoms in total. The molecule has 2 aromatic rings. The smallest absolute Gasteiger partial charge is 0.260 e. The Kier molecular flexibility index (Phi) is 7.13. The molecular formula is C22H29N5O5S. The van der Waals surface area contributed by atoms with Crippen molar-refractivity contribution in [2.45, 2.75) is 29.7 Å². The fraction of sp³-hybridized carbons (Fsp3) is 0.455. The van der Waals surface area contributed by atoms with Gasteiger partial charge in [0, 0.05) is 45.1 Å². The number of anilines is 1. The van der Waals surface area contributed by atoms with Crippen LogP contribution in [0.4, 0.5) is 5.69 Å². The quantitative estimate of drug-likeness (QED) is 0.547. The number of carbonyl (C=O) groups is 1. The van der Waals surface area contributed by atoms with E-state index in [-0.39, 0.29) is 24.0 Å². The van der Waals surface area contributed by atoms with Gasteiger partial charge in [0.1, 0.15) is 6.10 Å². The van der Waals surface area contributed by atoms with Gasteiger partial charge in [-0.25, -0.2) is 18.1 Å². The lowest BCUT2D eigenvalue weighted by atomic mass is 10.1. The molecular weight excluding hydrogens is 446 g/mol. The number of amides is 1. The number of rotatable bonds is 7. The third-order valence-corrected chi connectivity index (χ3v) is 7.18. The summed E-state index contributed by atoms with van der Waals surface area (Å²) >= 11 is 0. The predicted molar refractivity (Wildman–Crippen MR) is 122 cm³/mol. The molecule has 4 rings (SSSR count). The topological polar surface area (TPSA) is 117 Å². The zero-order chi connectivity index (χ0) is 23.4. The van der Waals surface area contributed by atoms with E-state index in [4.69, 9.17) is 4.74 Å². The van der Waals surface area contributed by atoms with Crippen LogP contribution in [0.25, 0.3) is 0 Å². The molecule has 0 unspecified atom stereocenters. The van der Waals surface area contributed by atoms with E-state index >= 15 is 0 Å². The maximum absolute atomic E-state index is 12.8. The second-order valence-corrected chi connectivity index (χ2v) is 9.87. The minimum Gasteiger partial charge on any atom is -0.394 e. The number of hydrogen-bond donors (Lipinski definition) is 2. The van der Waals surface area contributed by atoms with Crippen LogP contribution in [-0.4, -0.2) is 84.9 Å². The highest BCUT2D eigenvalue weighted by molar-refractivity contribution is 7.89. The molecule has 2 aliphatic rings. The first-order valence-electron chi connectivity index (χ1n) is 10.9. The van der Waals surface area contributed by atoms with Gasteiger partial charge in [0.2, 0.25) is 5.91 Å². The standard InChI is InChI=1S/C22H29N5O5S/c1-25-14-21(23-16-25)33(30,31)24-19-8-7-18(32-20(19)15-28)13-22(29)27-11-9-26(10-12-27)17-5-3-2-4-6-17/h2-8,14,16,18-20,24,28H,9-13,15H2,1H3/t18-,19+,20+/m1/s1. The lowest BCUT2D eigenvalue weighted by Gasteiger charge is -2.37. The maximum Gasteiger partial charge on any atom is 0.260 e. The summed E-state index contributed by atoms with van der Waals surface area (Å²) in [5.41, 5.74) is 1.15. The predicted octanol–water partition coefficient (Wildman–Crippen LogP) is 0.122. The fourth-order valence-electron chi connectivity index (χ4n) is 4.03. The Hall–Kier alpha value is -2.73. The average Bonchev–Trinajstić information content (AvgIpc) is 3.28. The van der Waals surface area contributed by atoms with Crippen molar-refractivity contribution in [2.24, 2.45) is 7.05 Å². The first kappa shape index (κ1) is 23.4. The van der Waals surface area contributed by atoms with Gasteiger partial charge in [0.05, 0.1) is 31.5 Å². The largest absolute Gasteiger partial charge is 0.394 e.